The van der Waals surface area contributed by atoms with E-state index in [2.05, 4.69) is 4.90 Å². The molecule has 0 N–H and O–H groups in total. The molecule has 0 saturated carbocycles. The fraction of sp³-hybridized carbons (Fsp3) is 0.533. The largest absolute Gasteiger partial charge is 0.343 e. The van der Waals surface area contributed by atoms with Crippen molar-refractivity contribution >= 4 is 17.5 Å². The number of rotatable bonds is 4. The molecule has 0 spiro atoms. The van der Waals surface area contributed by atoms with E-state index in [4.69, 9.17) is 11.6 Å². The molecule has 0 bridgehead atoms. The average Bonchev–Trinajstić information content (AvgIpc) is 2.81. The van der Waals surface area contributed by atoms with Gasteiger partial charge in [0.1, 0.15) is 5.82 Å². The summed E-state index contributed by atoms with van der Waals surface area (Å²) in [5, 5.41) is 0.418. The molecule has 0 unspecified atom stereocenters. The number of hydrogen-bond acceptors (Lipinski definition) is 2. The molecule has 1 aromatic carbocycles. The highest BCUT2D eigenvalue weighted by Crippen LogP contribution is 2.19. The third kappa shape index (κ3) is 3.93. The molecular formula is C15H20ClFN2O. The van der Waals surface area contributed by atoms with Gasteiger partial charge in [0, 0.05) is 43.7 Å². The Morgan fingerprint density at radius 3 is 2.90 bits per heavy atom. The molecule has 0 aliphatic carbocycles. The molecule has 110 valence electrons. The maximum Gasteiger partial charge on any atom is 0.219 e. The van der Waals surface area contributed by atoms with Gasteiger partial charge in [-0.3, -0.25) is 4.79 Å². The van der Waals surface area contributed by atoms with Gasteiger partial charge in [-0.25, -0.2) is 4.39 Å². The van der Waals surface area contributed by atoms with Gasteiger partial charge in [-0.15, -0.1) is 0 Å². The van der Waals surface area contributed by atoms with Crippen LogP contribution in [0.25, 0.3) is 0 Å². The zero-order valence-electron chi connectivity index (χ0n) is 11.9. The van der Waals surface area contributed by atoms with Gasteiger partial charge in [0.25, 0.3) is 0 Å². The number of nitrogens with zero attached hydrogens (tertiary/aromatic N) is 2. The van der Waals surface area contributed by atoms with Crippen LogP contribution in [0.5, 0.6) is 0 Å². The third-order valence-electron chi connectivity index (χ3n) is 3.76. The van der Waals surface area contributed by atoms with Crippen molar-refractivity contribution in [2.24, 2.45) is 5.92 Å². The van der Waals surface area contributed by atoms with Gasteiger partial charge in [-0.1, -0.05) is 17.7 Å². The molecule has 2 rings (SSSR count). The zero-order valence-corrected chi connectivity index (χ0v) is 12.7. The Labute approximate surface area is 124 Å². The first-order valence-corrected chi connectivity index (χ1v) is 7.21. The molecule has 1 atom stereocenters. The van der Waals surface area contributed by atoms with Crippen LogP contribution in [-0.2, 0) is 11.3 Å². The standard InChI is InChI=1S/C15H20ClFN2O/c1-11(20)19-6-5-12(9-19)8-18(2)10-13-3-4-14(16)7-15(13)17/h3-4,7,12H,5-6,8-10H2,1-2H3/t12-/m1/s1. The first kappa shape index (κ1) is 15.3. The van der Waals surface area contributed by atoms with E-state index in [1.807, 2.05) is 11.9 Å². The second-order valence-corrected chi connectivity index (χ2v) is 5.99. The lowest BCUT2D eigenvalue weighted by Gasteiger charge is -2.21. The van der Waals surface area contributed by atoms with Crippen LogP contribution < -0.4 is 0 Å². The van der Waals surface area contributed by atoms with Gasteiger partial charge in [0.15, 0.2) is 0 Å². The maximum atomic E-state index is 13.7. The predicted molar refractivity (Wildman–Crippen MR) is 78.1 cm³/mol. The Bertz CT molecular complexity index is 495. The summed E-state index contributed by atoms with van der Waals surface area (Å²) in [4.78, 5) is 15.3. The third-order valence-corrected chi connectivity index (χ3v) is 3.99. The van der Waals surface area contributed by atoms with Crippen molar-refractivity contribution in [3.05, 3.63) is 34.6 Å². The second-order valence-electron chi connectivity index (χ2n) is 5.55. The van der Waals surface area contributed by atoms with Gasteiger partial charge in [-0.05, 0) is 31.5 Å². The molecule has 1 amide bonds. The van der Waals surface area contributed by atoms with Gasteiger partial charge < -0.3 is 9.80 Å². The van der Waals surface area contributed by atoms with Gasteiger partial charge in [-0.2, -0.15) is 0 Å². The van der Waals surface area contributed by atoms with Crippen LogP contribution in [0.15, 0.2) is 18.2 Å². The highest BCUT2D eigenvalue weighted by atomic mass is 35.5. The molecule has 3 nitrogen and oxygen atoms in total. The molecule has 5 heteroatoms. The van der Waals surface area contributed by atoms with E-state index in [1.165, 1.54) is 6.07 Å². The van der Waals surface area contributed by atoms with Crippen molar-refractivity contribution in [2.45, 2.75) is 19.9 Å². The summed E-state index contributed by atoms with van der Waals surface area (Å²) in [6.45, 7) is 4.67. The Morgan fingerprint density at radius 1 is 1.55 bits per heavy atom. The van der Waals surface area contributed by atoms with E-state index in [0.717, 1.165) is 26.1 Å². The molecule has 0 aromatic heterocycles. The summed E-state index contributed by atoms with van der Waals surface area (Å²) >= 11 is 5.75. The van der Waals surface area contributed by atoms with E-state index in [9.17, 15) is 9.18 Å². The fourth-order valence-corrected chi connectivity index (χ4v) is 2.87. The minimum Gasteiger partial charge on any atom is -0.343 e. The minimum atomic E-state index is -0.263. The summed E-state index contributed by atoms with van der Waals surface area (Å²) in [6.07, 6.45) is 1.02. The van der Waals surface area contributed by atoms with Gasteiger partial charge in [0.05, 0.1) is 0 Å². The number of carbonyl (C=O) groups is 1. The highest BCUT2D eigenvalue weighted by molar-refractivity contribution is 6.30. The Morgan fingerprint density at radius 2 is 2.30 bits per heavy atom. The molecule has 1 aliphatic rings. The summed E-state index contributed by atoms with van der Waals surface area (Å²) in [7, 11) is 1.98. The van der Waals surface area contributed by atoms with E-state index in [0.29, 0.717) is 23.0 Å². The van der Waals surface area contributed by atoms with Crippen molar-refractivity contribution in [2.75, 3.05) is 26.7 Å². The molecular weight excluding hydrogens is 279 g/mol. The smallest absolute Gasteiger partial charge is 0.219 e. The number of halogens is 2. The topological polar surface area (TPSA) is 23.6 Å². The van der Waals surface area contributed by atoms with Gasteiger partial charge in [0.2, 0.25) is 5.91 Å². The fourth-order valence-electron chi connectivity index (χ4n) is 2.71. The second kappa shape index (κ2) is 6.55. The van der Waals surface area contributed by atoms with Crippen molar-refractivity contribution in [1.29, 1.82) is 0 Å². The van der Waals surface area contributed by atoms with E-state index in [-0.39, 0.29) is 11.7 Å². The number of amides is 1. The average molecular weight is 299 g/mol. The summed E-state index contributed by atoms with van der Waals surface area (Å²) in [6, 6.07) is 4.78. The van der Waals surface area contributed by atoms with Crippen molar-refractivity contribution in [1.82, 2.24) is 9.80 Å². The monoisotopic (exact) mass is 298 g/mol. The molecule has 1 fully saturated rings. The van der Waals surface area contributed by atoms with Crippen molar-refractivity contribution in [3.8, 4) is 0 Å². The van der Waals surface area contributed by atoms with E-state index in [1.54, 1.807) is 19.1 Å². The lowest BCUT2D eigenvalue weighted by molar-refractivity contribution is -0.127. The van der Waals surface area contributed by atoms with Crippen LogP contribution in [0.4, 0.5) is 4.39 Å². The summed E-state index contributed by atoms with van der Waals surface area (Å²) in [5.41, 5.74) is 0.651. The van der Waals surface area contributed by atoms with E-state index < -0.39 is 0 Å². The van der Waals surface area contributed by atoms with Crippen molar-refractivity contribution in [3.63, 3.8) is 0 Å². The van der Waals surface area contributed by atoms with Gasteiger partial charge >= 0.3 is 0 Å². The van der Waals surface area contributed by atoms with Crippen LogP contribution in [0.3, 0.4) is 0 Å². The predicted octanol–water partition coefficient (Wildman–Crippen LogP) is 2.78. The number of hydrogen-bond donors (Lipinski definition) is 0. The molecule has 1 heterocycles. The van der Waals surface area contributed by atoms with Crippen LogP contribution in [0.2, 0.25) is 5.02 Å². The Balaban J connectivity index is 1.87. The summed E-state index contributed by atoms with van der Waals surface area (Å²) < 4.78 is 13.7. The highest BCUT2D eigenvalue weighted by Gasteiger charge is 2.25. The molecule has 1 aliphatic heterocycles. The Kier molecular flexibility index (Phi) is 5.00. The number of benzene rings is 1. The molecule has 1 aromatic rings. The number of likely N-dealkylation sites (tertiary alicyclic amines) is 1. The van der Waals surface area contributed by atoms with Crippen LogP contribution in [-0.4, -0.2) is 42.4 Å². The van der Waals surface area contributed by atoms with Crippen LogP contribution in [0.1, 0.15) is 18.9 Å². The van der Waals surface area contributed by atoms with E-state index >= 15 is 0 Å². The first-order valence-electron chi connectivity index (χ1n) is 6.83. The first-order chi connectivity index (χ1) is 9.45. The lowest BCUT2D eigenvalue weighted by Crippen LogP contribution is -2.30. The molecule has 0 radical (unpaired) electrons. The zero-order chi connectivity index (χ0) is 14.7. The Hall–Kier alpha value is -1.13. The minimum absolute atomic E-state index is 0.138. The summed E-state index contributed by atoms with van der Waals surface area (Å²) in [5.74, 6) is 0.347. The lowest BCUT2D eigenvalue weighted by atomic mass is 10.1. The van der Waals surface area contributed by atoms with Crippen LogP contribution in [0, 0.1) is 11.7 Å². The van der Waals surface area contributed by atoms with Crippen molar-refractivity contribution < 1.29 is 9.18 Å². The normalized spacial score (nSPS) is 18.9. The van der Waals surface area contributed by atoms with Crippen LogP contribution >= 0.6 is 11.6 Å². The maximum absolute atomic E-state index is 13.7. The quantitative estimate of drug-likeness (QED) is 0.853. The number of carbonyl (C=O) groups excluding carboxylic acids is 1. The molecule has 1 saturated heterocycles. The molecule has 20 heavy (non-hydrogen) atoms. The SMILES string of the molecule is CC(=O)N1CC[C@H](CN(C)Cc2ccc(Cl)cc2F)C1.